The van der Waals surface area contributed by atoms with Crippen molar-refractivity contribution in [2.45, 2.75) is 23.6 Å². The molecule has 0 atom stereocenters. The lowest BCUT2D eigenvalue weighted by atomic mass is 10.1. The van der Waals surface area contributed by atoms with Gasteiger partial charge in [-0.3, -0.25) is 9.59 Å². The molecular formula is C18H22N4O4S2. The zero-order chi connectivity index (χ0) is 19.9. The second-order valence-corrected chi connectivity index (χ2v) is 8.20. The van der Waals surface area contributed by atoms with Gasteiger partial charge in [0.2, 0.25) is 5.91 Å². The summed E-state index contributed by atoms with van der Waals surface area (Å²) in [6.45, 7) is 1.43. The fourth-order valence-corrected chi connectivity index (χ4v) is 4.25. The molecule has 1 aromatic heterocycles. The summed E-state index contributed by atoms with van der Waals surface area (Å²) in [5.74, 6) is 0.711. The van der Waals surface area contributed by atoms with Gasteiger partial charge in [-0.15, -0.1) is 10.2 Å². The number of anilines is 1. The molecule has 0 saturated carbocycles. The van der Waals surface area contributed by atoms with Crippen LogP contribution in [0.4, 0.5) is 5.69 Å². The first-order valence-corrected chi connectivity index (χ1v) is 10.7. The summed E-state index contributed by atoms with van der Waals surface area (Å²) in [5.41, 5.74) is 2.43. The van der Waals surface area contributed by atoms with E-state index in [-0.39, 0.29) is 17.6 Å². The number of amides is 2. The van der Waals surface area contributed by atoms with Crippen LogP contribution in [0.3, 0.4) is 0 Å². The third kappa shape index (κ3) is 4.93. The number of nitrogens with one attached hydrogen (secondary N) is 1. The highest BCUT2D eigenvalue weighted by Crippen LogP contribution is 2.34. The Morgan fingerprint density at radius 2 is 1.89 bits per heavy atom. The monoisotopic (exact) mass is 422 g/mol. The van der Waals surface area contributed by atoms with Gasteiger partial charge in [0.15, 0.2) is 15.8 Å². The van der Waals surface area contributed by atoms with Gasteiger partial charge in [-0.1, -0.05) is 23.1 Å². The maximum atomic E-state index is 13.1. The highest BCUT2D eigenvalue weighted by molar-refractivity contribution is 8.01. The lowest BCUT2D eigenvalue weighted by molar-refractivity contribution is -0.113. The summed E-state index contributed by atoms with van der Waals surface area (Å²) < 4.78 is 11.4. The average molecular weight is 423 g/mol. The molecule has 0 radical (unpaired) electrons. The zero-order valence-electron chi connectivity index (χ0n) is 15.8. The molecular weight excluding hydrogens is 400 g/mol. The molecule has 1 fully saturated rings. The molecule has 1 aliphatic rings. The molecule has 10 heteroatoms. The Morgan fingerprint density at radius 1 is 1.18 bits per heavy atom. The topological polar surface area (TPSA) is 93.7 Å². The Balaban J connectivity index is 1.82. The van der Waals surface area contributed by atoms with Crippen molar-refractivity contribution < 1.29 is 19.1 Å². The van der Waals surface area contributed by atoms with Gasteiger partial charge < -0.3 is 19.7 Å². The minimum Gasteiger partial charge on any atom is -0.493 e. The van der Waals surface area contributed by atoms with Crippen molar-refractivity contribution in [2.75, 3.05) is 38.4 Å². The van der Waals surface area contributed by atoms with Crippen molar-refractivity contribution in [2.24, 2.45) is 0 Å². The molecule has 8 nitrogen and oxygen atoms in total. The normalized spacial score (nSPS) is 13.9. The van der Waals surface area contributed by atoms with Crippen LogP contribution in [0.5, 0.6) is 11.5 Å². The first kappa shape index (κ1) is 20.4. The lowest BCUT2D eigenvalue weighted by Gasteiger charge is -2.28. The SMILES string of the molecule is COc1cc(NC(=O)CSc2nncs2)c(C(=O)N2CCCCC2)cc1OC. The van der Waals surface area contributed by atoms with E-state index in [0.29, 0.717) is 40.2 Å². The molecule has 150 valence electrons. The molecule has 3 rings (SSSR count). The molecule has 2 amide bonds. The quantitative estimate of drug-likeness (QED) is 0.686. The van der Waals surface area contributed by atoms with E-state index in [2.05, 4.69) is 15.5 Å². The van der Waals surface area contributed by atoms with Gasteiger partial charge >= 0.3 is 0 Å². The third-order valence-electron chi connectivity index (χ3n) is 4.34. The smallest absolute Gasteiger partial charge is 0.256 e. The van der Waals surface area contributed by atoms with Gasteiger partial charge in [0, 0.05) is 19.2 Å². The second kappa shape index (κ2) is 9.74. The zero-order valence-corrected chi connectivity index (χ0v) is 17.4. The van der Waals surface area contributed by atoms with E-state index in [1.54, 1.807) is 17.6 Å². The molecule has 0 unspecified atom stereocenters. The summed E-state index contributed by atoms with van der Waals surface area (Å²) in [6.07, 6.45) is 3.10. The van der Waals surface area contributed by atoms with Crippen LogP contribution in [0.25, 0.3) is 0 Å². The number of benzene rings is 1. The average Bonchev–Trinajstić information content (AvgIpc) is 3.25. The largest absolute Gasteiger partial charge is 0.493 e. The van der Waals surface area contributed by atoms with Crippen LogP contribution < -0.4 is 14.8 Å². The Morgan fingerprint density at radius 3 is 2.54 bits per heavy atom. The molecule has 1 aliphatic heterocycles. The Kier molecular flexibility index (Phi) is 7.10. The van der Waals surface area contributed by atoms with Gasteiger partial charge in [-0.05, 0) is 25.3 Å². The van der Waals surface area contributed by atoms with E-state index in [1.807, 2.05) is 4.90 Å². The number of nitrogens with zero attached hydrogens (tertiary/aromatic N) is 3. The first-order chi connectivity index (χ1) is 13.6. The molecule has 2 aromatic rings. The van der Waals surface area contributed by atoms with E-state index in [0.717, 1.165) is 19.3 Å². The summed E-state index contributed by atoms with van der Waals surface area (Å²) in [4.78, 5) is 27.3. The molecule has 0 aliphatic carbocycles. The minimum absolute atomic E-state index is 0.118. The second-order valence-electron chi connectivity index (χ2n) is 6.15. The van der Waals surface area contributed by atoms with Gasteiger partial charge in [-0.2, -0.15) is 0 Å². The molecule has 2 heterocycles. The van der Waals surface area contributed by atoms with E-state index >= 15 is 0 Å². The van der Waals surface area contributed by atoms with Gasteiger partial charge in [-0.25, -0.2) is 0 Å². The van der Waals surface area contributed by atoms with E-state index in [9.17, 15) is 9.59 Å². The molecule has 1 saturated heterocycles. The van der Waals surface area contributed by atoms with Crippen LogP contribution in [0.15, 0.2) is 22.0 Å². The maximum Gasteiger partial charge on any atom is 0.256 e. The van der Waals surface area contributed by atoms with Crippen LogP contribution in [0, 0.1) is 0 Å². The number of ether oxygens (including phenoxy) is 2. The number of carbonyl (C=O) groups excluding carboxylic acids is 2. The summed E-state index contributed by atoms with van der Waals surface area (Å²) in [7, 11) is 3.03. The van der Waals surface area contributed by atoms with Crippen molar-refractivity contribution in [3.8, 4) is 11.5 Å². The lowest BCUT2D eigenvalue weighted by Crippen LogP contribution is -2.36. The number of hydrogen-bond donors (Lipinski definition) is 1. The number of carbonyl (C=O) groups is 2. The highest BCUT2D eigenvalue weighted by Gasteiger charge is 2.24. The predicted octanol–water partition coefficient (Wildman–Crippen LogP) is 2.91. The van der Waals surface area contributed by atoms with E-state index < -0.39 is 0 Å². The first-order valence-electron chi connectivity index (χ1n) is 8.86. The fraction of sp³-hybridized carbons (Fsp3) is 0.444. The van der Waals surface area contributed by atoms with Crippen molar-refractivity contribution in [3.05, 3.63) is 23.2 Å². The molecule has 28 heavy (non-hydrogen) atoms. The van der Waals surface area contributed by atoms with Crippen LogP contribution in [0.2, 0.25) is 0 Å². The van der Waals surface area contributed by atoms with Gasteiger partial charge in [0.1, 0.15) is 5.51 Å². The minimum atomic E-state index is -0.236. The molecule has 0 bridgehead atoms. The van der Waals surface area contributed by atoms with Crippen LogP contribution >= 0.6 is 23.1 Å². The van der Waals surface area contributed by atoms with Crippen molar-refractivity contribution in [1.82, 2.24) is 15.1 Å². The number of hydrogen-bond acceptors (Lipinski definition) is 8. The third-order valence-corrected chi connectivity index (χ3v) is 6.20. The Hall–Kier alpha value is -2.33. The number of piperidine rings is 1. The predicted molar refractivity (Wildman–Crippen MR) is 109 cm³/mol. The fourth-order valence-electron chi connectivity index (χ4n) is 2.97. The maximum absolute atomic E-state index is 13.1. The number of methoxy groups -OCH3 is 2. The summed E-state index contributed by atoms with van der Waals surface area (Å²) >= 11 is 2.67. The van der Waals surface area contributed by atoms with E-state index in [4.69, 9.17) is 9.47 Å². The number of thioether (sulfide) groups is 1. The molecule has 0 spiro atoms. The molecule has 1 N–H and O–H groups in total. The van der Waals surface area contributed by atoms with Crippen LogP contribution in [-0.2, 0) is 4.79 Å². The van der Waals surface area contributed by atoms with Crippen molar-refractivity contribution >= 4 is 40.6 Å². The number of aromatic nitrogens is 2. The number of likely N-dealkylation sites (tertiary alicyclic amines) is 1. The van der Waals surface area contributed by atoms with Crippen molar-refractivity contribution in [1.29, 1.82) is 0 Å². The number of rotatable bonds is 7. The Labute approximate surface area is 171 Å². The standard InChI is InChI=1S/C18H22N4O4S2/c1-25-14-8-12(17(24)22-6-4-3-5-7-22)13(9-15(14)26-2)20-16(23)10-27-18-21-19-11-28-18/h8-9,11H,3-7,10H2,1-2H3,(H,20,23). The highest BCUT2D eigenvalue weighted by atomic mass is 32.2. The van der Waals surface area contributed by atoms with Crippen molar-refractivity contribution in [3.63, 3.8) is 0 Å². The van der Waals surface area contributed by atoms with E-state index in [1.165, 1.54) is 37.3 Å². The van der Waals surface area contributed by atoms with Crippen LogP contribution in [-0.4, -0.2) is 60.0 Å². The molecule has 1 aromatic carbocycles. The van der Waals surface area contributed by atoms with Crippen LogP contribution in [0.1, 0.15) is 29.6 Å². The van der Waals surface area contributed by atoms with Gasteiger partial charge in [0.05, 0.1) is 31.2 Å². The summed E-state index contributed by atoms with van der Waals surface area (Å²) in [5, 5.41) is 10.5. The summed E-state index contributed by atoms with van der Waals surface area (Å²) in [6, 6.07) is 3.26. The van der Waals surface area contributed by atoms with Gasteiger partial charge in [0.25, 0.3) is 5.91 Å². The Bertz CT molecular complexity index is 823.